The van der Waals surface area contributed by atoms with Crippen molar-refractivity contribution < 1.29 is 19.1 Å². The fourth-order valence-electron chi connectivity index (χ4n) is 2.23. The third-order valence-electron chi connectivity index (χ3n) is 3.53. The second kappa shape index (κ2) is 8.28. The number of ether oxygens (including phenoxy) is 2. The first-order chi connectivity index (χ1) is 13.0. The summed E-state index contributed by atoms with van der Waals surface area (Å²) in [6.45, 7) is 0. The Balaban J connectivity index is 1.65. The Labute approximate surface area is 163 Å². The highest BCUT2D eigenvalue weighted by molar-refractivity contribution is 7.99. The minimum absolute atomic E-state index is 0.130. The van der Waals surface area contributed by atoms with Crippen LogP contribution in [-0.4, -0.2) is 46.8 Å². The van der Waals surface area contributed by atoms with Crippen LogP contribution in [0, 0.1) is 0 Å². The smallest absolute Gasteiger partial charge is 0.339 e. The van der Waals surface area contributed by atoms with E-state index >= 15 is 0 Å². The highest BCUT2D eigenvalue weighted by Crippen LogP contribution is 2.26. The van der Waals surface area contributed by atoms with Crippen molar-refractivity contribution >= 4 is 52.1 Å². The van der Waals surface area contributed by atoms with E-state index in [0.29, 0.717) is 27.8 Å². The molecule has 0 spiro atoms. The Morgan fingerprint density at radius 2 is 2.11 bits per heavy atom. The summed E-state index contributed by atoms with van der Waals surface area (Å²) in [6.07, 6.45) is 1.52. The molecule has 3 rings (SSSR count). The van der Waals surface area contributed by atoms with Gasteiger partial charge in [0.1, 0.15) is 11.6 Å². The number of imidazole rings is 1. The van der Waals surface area contributed by atoms with E-state index in [1.807, 2.05) is 0 Å². The molecule has 8 nitrogen and oxygen atoms in total. The molecule has 0 saturated carbocycles. The SMILES string of the molecule is COC(=O)c1cc2nc(SCC(=O)Nc3ccc(OC)cn3)[nH]c2cc1Cl. The number of hydrogen-bond acceptors (Lipinski definition) is 7. The molecule has 1 amide bonds. The second-order valence-corrected chi connectivity index (χ2v) is 6.67. The van der Waals surface area contributed by atoms with Gasteiger partial charge in [-0.05, 0) is 24.3 Å². The molecule has 0 radical (unpaired) electrons. The maximum absolute atomic E-state index is 12.1. The largest absolute Gasteiger partial charge is 0.495 e. The molecule has 1 aromatic carbocycles. The van der Waals surface area contributed by atoms with Crippen molar-refractivity contribution in [2.75, 3.05) is 25.3 Å². The van der Waals surface area contributed by atoms with Crippen LogP contribution in [0.25, 0.3) is 11.0 Å². The number of hydrogen-bond donors (Lipinski definition) is 2. The number of nitrogens with one attached hydrogen (secondary N) is 2. The number of aromatic amines is 1. The third kappa shape index (κ3) is 4.50. The number of halogens is 1. The zero-order chi connectivity index (χ0) is 19.4. The Kier molecular flexibility index (Phi) is 5.82. The van der Waals surface area contributed by atoms with E-state index in [4.69, 9.17) is 16.3 Å². The average molecular weight is 407 g/mol. The maximum Gasteiger partial charge on any atom is 0.339 e. The number of thioether (sulfide) groups is 1. The molecule has 0 saturated heterocycles. The van der Waals surface area contributed by atoms with Gasteiger partial charge in [0.2, 0.25) is 5.91 Å². The van der Waals surface area contributed by atoms with Crippen LogP contribution in [0.3, 0.4) is 0 Å². The molecular formula is C17H15ClN4O4S. The van der Waals surface area contributed by atoms with Gasteiger partial charge in [-0.25, -0.2) is 14.8 Å². The van der Waals surface area contributed by atoms with Crippen LogP contribution in [0.15, 0.2) is 35.6 Å². The number of benzene rings is 1. The molecule has 0 bridgehead atoms. The fraction of sp³-hybridized carbons (Fsp3) is 0.176. The highest BCUT2D eigenvalue weighted by atomic mass is 35.5. The molecule has 140 valence electrons. The number of aromatic nitrogens is 3. The first-order valence-electron chi connectivity index (χ1n) is 7.70. The van der Waals surface area contributed by atoms with E-state index in [0.717, 1.165) is 0 Å². The summed E-state index contributed by atoms with van der Waals surface area (Å²) in [5, 5.41) is 3.48. The maximum atomic E-state index is 12.1. The number of carbonyl (C=O) groups excluding carboxylic acids is 2. The highest BCUT2D eigenvalue weighted by Gasteiger charge is 2.15. The normalized spacial score (nSPS) is 10.6. The van der Waals surface area contributed by atoms with Gasteiger partial charge in [-0.2, -0.15) is 0 Å². The van der Waals surface area contributed by atoms with E-state index in [1.54, 1.807) is 31.4 Å². The summed E-state index contributed by atoms with van der Waals surface area (Å²) in [4.78, 5) is 35.3. The average Bonchev–Trinajstić information content (AvgIpc) is 3.07. The zero-order valence-electron chi connectivity index (χ0n) is 14.4. The molecule has 0 fully saturated rings. The number of anilines is 1. The van der Waals surface area contributed by atoms with Gasteiger partial charge in [0, 0.05) is 0 Å². The molecule has 10 heteroatoms. The number of amides is 1. The number of nitrogens with zero attached hydrogens (tertiary/aromatic N) is 2. The van der Waals surface area contributed by atoms with Crippen molar-refractivity contribution in [2.24, 2.45) is 0 Å². The first-order valence-corrected chi connectivity index (χ1v) is 9.06. The third-order valence-corrected chi connectivity index (χ3v) is 4.72. The van der Waals surface area contributed by atoms with Crippen LogP contribution in [0.1, 0.15) is 10.4 Å². The molecule has 3 aromatic rings. The van der Waals surface area contributed by atoms with E-state index in [9.17, 15) is 9.59 Å². The Hall–Kier alpha value is -2.78. The number of rotatable bonds is 6. The molecule has 0 aliphatic rings. The molecule has 2 heterocycles. The molecule has 27 heavy (non-hydrogen) atoms. The van der Waals surface area contributed by atoms with Crippen LogP contribution in [-0.2, 0) is 9.53 Å². The minimum Gasteiger partial charge on any atom is -0.495 e. The second-order valence-electron chi connectivity index (χ2n) is 5.30. The lowest BCUT2D eigenvalue weighted by Crippen LogP contribution is -2.15. The van der Waals surface area contributed by atoms with Gasteiger partial charge in [-0.3, -0.25) is 4.79 Å². The van der Waals surface area contributed by atoms with Crippen molar-refractivity contribution in [2.45, 2.75) is 5.16 Å². The quantitative estimate of drug-likeness (QED) is 0.478. The van der Waals surface area contributed by atoms with E-state index in [2.05, 4.69) is 25.0 Å². The standard InChI is InChI=1S/C17H15ClN4O4S/c1-25-9-3-4-14(19-7-9)22-15(23)8-27-17-20-12-5-10(16(24)26-2)11(18)6-13(12)21-17/h3-7H,8H2,1-2H3,(H,20,21)(H,19,22,23). The zero-order valence-corrected chi connectivity index (χ0v) is 16.0. The molecule has 0 atom stereocenters. The van der Waals surface area contributed by atoms with Crippen molar-refractivity contribution in [1.82, 2.24) is 15.0 Å². The predicted octanol–water partition coefficient (Wildman–Crippen LogP) is 3.14. The summed E-state index contributed by atoms with van der Waals surface area (Å²) in [7, 11) is 2.82. The van der Waals surface area contributed by atoms with Crippen molar-refractivity contribution in [1.29, 1.82) is 0 Å². The summed E-state index contributed by atoms with van der Waals surface area (Å²) in [6, 6.07) is 6.50. The van der Waals surface area contributed by atoms with Crippen molar-refractivity contribution in [3.8, 4) is 5.75 Å². The van der Waals surface area contributed by atoms with Gasteiger partial charge < -0.3 is 19.8 Å². The number of pyridine rings is 1. The van der Waals surface area contributed by atoms with Gasteiger partial charge in [0.25, 0.3) is 0 Å². The topological polar surface area (TPSA) is 106 Å². The van der Waals surface area contributed by atoms with Gasteiger partial charge >= 0.3 is 5.97 Å². The summed E-state index contributed by atoms with van der Waals surface area (Å²) >= 11 is 7.31. The van der Waals surface area contributed by atoms with Crippen LogP contribution >= 0.6 is 23.4 Å². The van der Waals surface area contributed by atoms with Gasteiger partial charge in [0.15, 0.2) is 5.16 Å². The lowest BCUT2D eigenvalue weighted by Gasteiger charge is -2.04. The monoisotopic (exact) mass is 406 g/mol. The lowest BCUT2D eigenvalue weighted by molar-refractivity contribution is -0.113. The molecule has 2 aromatic heterocycles. The first kappa shape index (κ1) is 19.0. The van der Waals surface area contributed by atoms with E-state index in [-0.39, 0.29) is 22.2 Å². The Morgan fingerprint density at radius 1 is 1.30 bits per heavy atom. The number of methoxy groups -OCH3 is 2. The van der Waals surface area contributed by atoms with E-state index < -0.39 is 5.97 Å². The predicted molar refractivity (Wildman–Crippen MR) is 103 cm³/mol. The molecule has 0 aliphatic heterocycles. The summed E-state index contributed by atoms with van der Waals surface area (Å²) in [5.74, 6) is 0.400. The molecule has 0 unspecified atom stereocenters. The van der Waals surface area contributed by atoms with Crippen LogP contribution in [0.2, 0.25) is 5.02 Å². The van der Waals surface area contributed by atoms with E-state index in [1.165, 1.54) is 25.1 Å². The number of esters is 1. The van der Waals surface area contributed by atoms with Crippen molar-refractivity contribution in [3.05, 3.63) is 41.0 Å². The van der Waals surface area contributed by atoms with Gasteiger partial charge in [-0.1, -0.05) is 23.4 Å². The number of H-pyrrole nitrogens is 1. The fourth-order valence-corrected chi connectivity index (χ4v) is 3.16. The van der Waals surface area contributed by atoms with Gasteiger partial charge in [0.05, 0.1) is 47.8 Å². The van der Waals surface area contributed by atoms with Crippen LogP contribution in [0.4, 0.5) is 5.82 Å². The Morgan fingerprint density at radius 3 is 2.78 bits per heavy atom. The molecular weight excluding hydrogens is 392 g/mol. The molecule has 0 aliphatic carbocycles. The van der Waals surface area contributed by atoms with Crippen LogP contribution in [0.5, 0.6) is 5.75 Å². The summed E-state index contributed by atoms with van der Waals surface area (Å²) in [5.41, 5.74) is 1.45. The summed E-state index contributed by atoms with van der Waals surface area (Å²) < 4.78 is 9.71. The minimum atomic E-state index is -0.537. The van der Waals surface area contributed by atoms with Crippen molar-refractivity contribution in [3.63, 3.8) is 0 Å². The Bertz CT molecular complexity index is 991. The number of carbonyl (C=O) groups is 2. The van der Waals surface area contributed by atoms with Crippen LogP contribution < -0.4 is 10.1 Å². The number of fused-ring (bicyclic) bond motifs is 1. The molecule has 2 N–H and O–H groups in total. The van der Waals surface area contributed by atoms with Gasteiger partial charge in [-0.15, -0.1) is 0 Å². The lowest BCUT2D eigenvalue weighted by atomic mass is 10.2.